The molecule has 27 heavy (non-hydrogen) atoms. The molecule has 0 bridgehead atoms. The number of anilines is 1. The number of ether oxygens (including phenoxy) is 1. The van der Waals surface area contributed by atoms with Crippen LogP contribution in [0, 0.1) is 6.92 Å². The number of benzene rings is 1. The van der Waals surface area contributed by atoms with Crippen LogP contribution in [-0.2, 0) is 14.8 Å². The fourth-order valence-corrected chi connectivity index (χ4v) is 5.03. The number of aromatic nitrogens is 2. The van der Waals surface area contributed by atoms with E-state index >= 15 is 0 Å². The molecule has 146 valence electrons. The number of nitrogens with one attached hydrogen (secondary N) is 2. The first kappa shape index (κ1) is 19.7. The molecule has 3 rings (SSSR count). The molecule has 8 nitrogen and oxygen atoms in total. The van der Waals surface area contributed by atoms with E-state index in [-0.39, 0.29) is 21.8 Å². The lowest BCUT2D eigenvalue weighted by Gasteiger charge is -2.37. The molecule has 1 aromatic carbocycles. The quantitative estimate of drug-likeness (QED) is 0.734. The van der Waals surface area contributed by atoms with Gasteiger partial charge >= 0.3 is 0 Å². The Morgan fingerprint density at radius 1 is 1.37 bits per heavy atom. The normalized spacial score (nSPS) is 18.4. The molecule has 0 radical (unpaired) electrons. The lowest BCUT2D eigenvalue weighted by atomic mass is 9.90. The van der Waals surface area contributed by atoms with E-state index in [0.717, 1.165) is 22.5 Å². The highest BCUT2D eigenvalue weighted by Gasteiger charge is 2.37. The van der Waals surface area contributed by atoms with E-state index in [2.05, 4.69) is 20.2 Å². The minimum Gasteiger partial charge on any atom is -0.487 e. The van der Waals surface area contributed by atoms with Crippen LogP contribution in [0.4, 0.5) is 5.13 Å². The fourth-order valence-electron chi connectivity index (χ4n) is 2.88. The van der Waals surface area contributed by atoms with Crippen molar-refractivity contribution >= 4 is 32.4 Å². The highest BCUT2D eigenvalue weighted by atomic mass is 32.2. The minimum absolute atomic E-state index is 0.158. The summed E-state index contributed by atoms with van der Waals surface area (Å²) >= 11 is 0.820. The Bertz CT molecular complexity index is 969. The van der Waals surface area contributed by atoms with Gasteiger partial charge in [-0.15, -0.1) is 10.2 Å². The van der Waals surface area contributed by atoms with Gasteiger partial charge in [-0.25, -0.2) is 13.1 Å². The van der Waals surface area contributed by atoms with E-state index < -0.39 is 21.7 Å². The van der Waals surface area contributed by atoms with E-state index in [1.54, 1.807) is 6.92 Å². The van der Waals surface area contributed by atoms with Crippen LogP contribution in [0.3, 0.4) is 0 Å². The van der Waals surface area contributed by atoms with Crippen molar-refractivity contribution in [2.75, 3.05) is 5.32 Å². The highest BCUT2D eigenvalue weighted by molar-refractivity contribution is 7.91. The standard InChI is InChI=1S/C17H22N4O4S2/c1-5-14(22)18-15-19-20-16(26-15)27(23,24)21-12-9-17(3,4)25-13-8-10(2)6-7-11(12)13/h6-8,12,21H,5,9H2,1-4H3,(H,18,19,22)/t12-/m0/s1. The summed E-state index contributed by atoms with van der Waals surface area (Å²) in [5, 5.41) is 10.1. The topological polar surface area (TPSA) is 110 Å². The second-order valence-electron chi connectivity index (χ2n) is 7.06. The molecule has 1 aromatic heterocycles. The SMILES string of the molecule is CCC(=O)Nc1nnc(S(=O)(=O)N[C@H]2CC(C)(C)Oc3cc(C)ccc32)s1. The average Bonchev–Trinajstić information content (AvgIpc) is 3.02. The maximum absolute atomic E-state index is 12.8. The second kappa shape index (κ2) is 7.17. The molecule has 2 heterocycles. The zero-order valence-electron chi connectivity index (χ0n) is 15.6. The van der Waals surface area contributed by atoms with Crippen molar-refractivity contribution in [3.63, 3.8) is 0 Å². The predicted octanol–water partition coefficient (Wildman–Crippen LogP) is 2.78. The number of rotatable bonds is 5. The molecule has 0 spiro atoms. The third kappa shape index (κ3) is 4.45. The van der Waals surface area contributed by atoms with Crippen LogP contribution >= 0.6 is 11.3 Å². The van der Waals surface area contributed by atoms with Crippen molar-refractivity contribution in [1.29, 1.82) is 0 Å². The molecular weight excluding hydrogens is 388 g/mol. The average molecular weight is 411 g/mol. The van der Waals surface area contributed by atoms with E-state index in [0.29, 0.717) is 12.2 Å². The molecule has 1 aliphatic heterocycles. The van der Waals surface area contributed by atoms with Gasteiger partial charge in [0.15, 0.2) is 0 Å². The van der Waals surface area contributed by atoms with Crippen LogP contribution in [0.1, 0.15) is 50.8 Å². The summed E-state index contributed by atoms with van der Waals surface area (Å²) in [6, 6.07) is 5.25. The molecule has 2 N–H and O–H groups in total. The Hall–Kier alpha value is -2.04. The van der Waals surface area contributed by atoms with Gasteiger partial charge in [-0.2, -0.15) is 0 Å². The zero-order valence-corrected chi connectivity index (χ0v) is 17.2. The van der Waals surface area contributed by atoms with Gasteiger partial charge in [0.05, 0.1) is 6.04 Å². The van der Waals surface area contributed by atoms with Crippen LogP contribution in [0.5, 0.6) is 5.75 Å². The monoisotopic (exact) mass is 410 g/mol. The van der Waals surface area contributed by atoms with E-state index in [9.17, 15) is 13.2 Å². The summed E-state index contributed by atoms with van der Waals surface area (Å²) in [5.41, 5.74) is 1.30. The Labute approximate surface area is 162 Å². The number of sulfonamides is 1. The molecule has 10 heteroatoms. The molecule has 0 unspecified atom stereocenters. The molecule has 0 fully saturated rings. The van der Waals surface area contributed by atoms with Crippen LogP contribution < -0.4 is 14.8 Å². The Morgan fingerprint density at radius 2 is 2.11 bits per heavy atom. The highest BCUT2D eigenvalue weighted by Crippen LogP contribution is 2.40. The van der Waals surface area contributed by atoms with Crippen LogP contribution in [0.15, 0.2) is 22.5 Å². The number of amides is 1. The van der Waals surface area contributed by atoms with Crippen molar-refractivity contribution in [2.45, 2.75) is 56.5 Å². The van der Waals surface area contributed by atoms with Crippen LogP contribution in [0.25, 0.3) is 0 Å². The Kier molecular flexibility index (Phi) is 5.24. The van der Waals surface area contributed by atoms with E-state index in [4.69, 9.17) is 4.74 Å². The number of aryl methyl sites for hydroxylation is 1. The van der Waals surface area contributed by atoms with Gasteiger partial charge in [-0.05, 0) is 32.4 Å². The number of carbonyl (C=O) groups excluding carboxylic acids is 1. The fraction of sp³-hybridized carbons (Fsp3) is 0.471. The van der Waals surface area contributed by atoms with Crippen LogP contribution in [-0.4, -0.2) is 30.1 Å². The van der Waals surface area contributed by atoms with Crippen molar-refractivity contribution in [3.05, 3.63) is 29.3 Å². The Morgan fingerprint density at radius 3 is 2.81 bits per heavy atom. The summed E-state index contributed by atoms with van der Waals surface area (Å²) in [6.45, 7) is 7.49. The molecule has 2 aromatic rings. The van der Waals surface area contributed by atoms with Gasteiger partial charge in [-0.3, -0.25) is 4.79 Å². The van der Waals surface area contributed by atoms with Crippen LogP contribution in [0.2, 0.25) is 0 Å². The summed E-state index contributed by atoms with van der Waals surface area (Å²) in [4.78, 5) is 11.4. The smallest absolute Gasteiger partial charge is 0.270 e. The molecular formula is C17H22N4O4S2. The number of nitrogens with zero attached hydrogens (tertiary/aromatic N) is 2. The minimum atomic E-state index is -3.90. The van der Waals surface area contributed by atoms with E-state index in [1.807, 2.05) is 39.0 Å². The molecule has 0 saturated heterocycles. The number of hydrogen-bond acceptors (Lipinski definition) is 7. The van der Waals surface area contributed by atoms with Gasteiger partial charge in [0.1, 0.15) is 11.4 Å². The Balaban J connectivity index is 1.87. The largest absolute Gasteiger partial charge is 0.487 e. The summed E-state index contributed by atoms with van der Waals surface area (Å²) in [6.07, 6.45) is 0.744. The molecule has 1 atom stereocenters. The molecule has 1 amide bonds. The maximum Gasteiger partial charge on any atom is 0.270 e. The van der Waals surface area contributed by atoms with Gasteiger partial charge in [-0.1, -0.05) is 30.4 Å². The van der Waals surface area contributed by atoms with E-state index in [1.165, 1.54) is 0 Å². The molecule has 0 saturated carbocycles. The third-order valence-corrected chi connectivity index (χ3v) is 6.81. The van der Waals surface area contributed by atoms with Crippen molar-refractivity contribution in [2.24, 2.45) is 0 Å². The van der Waals surface area contributed by atoms with Gasteiger partial charge in [0.25, 0.3) is 10.0 Å². The first-order valence-corrected chi connectivity index (χ1v) is 10.8. The lowest BCUT2D eigenvalue weighted by Crippen LogP contribution is -2.41. The second-order valence-corrected chi connectivity index (χ2v) is 9.92. The maximum atomic E-state index is 12.8. The predicted molar refractivity (Wildman–Crippen MR) is 102 cm³/mol. The number of carbonyl (C=O) groups is 1. The lowest BCUT2D eigenvalue weighted by molar-refractivity contribution is -0.115. The van der Waals surface area contributed by atoms with Crippen molar-refractivity contribution in [3.8, 4) is 5.75 Å². The summed E-state index contributed by atoms with van der Waals surface area (Å²) < 4.78 is 34.1. The summed E-state index contributed by atoms with van der Waals surface area (Å²) in [5.74, 6) is 0.422. The van der Waals surface area contributed by atoms with Crippen molar-refractivity contribution in [1.82, 2.24) is 14.9 Å². The summed E-state index contributed by atoms with van der Waals surface area (Å²) in [7, 11) is -3.90. The third-order valence-electron chi connectivity index (χ3n) is 4.13. The molecule has 1 aliphatic rings. The van der Waals surface area contributed by atoms with Gasteiger partial charge in [0, 0.05) is 18.4 Å². The van der Waals surface area contributed by atoms with Crippen molar-refractivity contribution < 1.29 is 17.9 Å². The van der Waals surface area contributed by atoms with Gasteiger partial charge < -0.3 is 10.1 Å². The first-order chi connectivity index (χ1) is 12.6. The number of hydrogen-bond donors (Lipinski definition) is 2. The first-order valence-electron chi connectivity index (χ1n) is 8.55. The molecule has 0 aliphatic carbocycles. The van der Waals surface area contributed by atoms with Gasteiger partial charge in [0.2, 0.25) is 15.4 Å². The number of fused-ring (bicyclic) bond motifs is 1. The zero-order chi connectivity index (χ0) is 19.8.